The molecule has 0 radical (unpaired) electrons. The minimum Gasteiger partial charge on any atom is -0.480 e. The van der Waals surface area contributed by atoms with Crippen molar-refractivity contribution in [3.05, 3.63) is 52.3 Å². The molecule has 4 rings (SSSR count). The first kappa shape index (κ1) is 19.2. The van der Waals surface area contributed by atoms with Crippen LogP contribution in [0.25, 0.3) is 0 Å². The highest BCUT2D eigenvalue weighted by molar-refractivity contribution is 7.89. The van der Waals surface area contributed by atoms with E-state index in [2.05, 4.69) is 4.72 Å². The summed E-state index contributed by atoms with van der Waals surface area (Å²) in [5, 5.41) is 9.28. The average Bonchev–Trinajstić information content (AvgIpc) is 3.43. The van der Waals surface area contributed by atoms with Crippen LogP contribution in [0.3, 0.4) is 0 Å². The number of carboxylic acid groups (broad SMARTS) is 1. The first-order valence-corrected chi connectivity index (χ1v) is 11.4. The first-order chi connectivity index (χ1) is 13.3. The molecule has 0 bridgehead atoms. The number of fused-ring (bicyclic) bond motifs is 1. The Balaban J connectivity index is 1.60. The lowest BCUT2D eigenvalue weighted by Crippen LogP contribution is -2.25. The molecule has 1 aromatic heterocycles. The zero-order chi connectivity index (χ0) is 19.9. The molecule has 0 atom stereocenters. The van der Waals surface area contributed by atoms with Gasteiger partial charge in [0.25, 0.3) is 0 Å². The topological polar surface area (TPSA) is 88.4 Å². The highest BCUT2D eigenvalue weighted by Gasteiger charge is 2.28. The van der Waals surface area contributed by atoms with E-state index in [4.69, 9.17) is 0 Å². The second kappa shape index (κ2) is 7.37. The van der Waals surface area contributed by atoms with Gasteiger partial charge in [-0.2, -0.15) is 0 Å². The van der Waals surface area contributed by atoms with Gasteiger partial charge in [-0.25, -0.2) is 13.1 Å². The Morgan fingerprint density at radius 2 is 1.86 bits per heavy atom. The maximum atomic E-state index is 12.3. The molecular formula is C21H26N2O4S. The third-order valence-electron chi connectivity index (χ3n) is 5.78. The van der Waals surface area contributed by atoms with Gasteiger partial charge in [-0.15, -0.1) is 0 Å². The SMILES string of the molecule is Cc1c(Cc2ccc(S(=O)(=O)NC3CC3)cc2)c2c(n1CC(=O)O)CCCC2. The minimum atomic E-state index is -3.44. The van der Waals surface area contributed by atoms with Crippen molar-refractivity contribution < 1.29 is 18.3 Å². The monoisotopic (exact) mass is 402 g/mol. The summed E-state index contributed by atoms with van der Waals surface area (Å²) in [5.74, 6) is -0.823. The van der Waals surface area contributed by atoms with Gasteiger partial charge in [0.15, 0.2) is 0 Å². The maximum Gasteiger partial charge on any atom is 0.323 e. The molecule has 2 aliphatic carbocycles. The van der Waals surface area contributed by atoms with Gasteiger partial charge < -0.3 is 9.67 Å². The number of hydrogen-bond donors (Lipinski definition) is 2. The van der Waals surface area contributed by atoms with Gasteiger partial charge in [-0.05, 0) is 80.7 Å². The summed E-state index contributed by atoms with van der Waals surface area (Å²) in [5.41, 5.74) is 5.70. The number of hydrogen-bond acceptors (Lipinski definition) is 3. The second-order valence-electron chi connectivity index (χ2n) is 7.89. The molecular weight excluding hydrogens is 376 g/mol. The van der Waals surface area contributed by atoms with Crippen LogP contribution < -0.4 is 4.72 Å². The van der Waals surface area contributed by atoms with Gasteiger partial charge in [-0.3, -0.25) is 4.79 Å². The van der Waals surface area contributed by atoms with E-state index in [0.717, 1.165) is 55.5 Å². The highest BCUT2D eigenvalue weighted by Crippen LogP contribution is 2.32. The molecule has 0 saturated heterocycles. The molecule has 1 heterocycles. The number of carboxylic acids is 1. The lowest BCUT2D eigenvalue weighted by molar-refractivity contribution is -0.137. The Labute approximate surface area is 165 Å². The third kappa shape index (κ3) is 3.86. The number of carbonyl (C=O) groups is 1. The number of nitrogens with zero attached hydrogens (tertiary/aromatic N) is 1. The summed E-state index contributed by atoms with van der Waals surface area (Å²) in [6, 6.07) is 7.15. The Hall–Kier alpha value is -2.12. The molecule has 7 heteroatoms. The van der Waals surface area contributed by atoms with Gasteiger partial charge in [0.1, 0.15) is 6.54 Å². The van der Waals surface area contributed by atoms with E-state index < -0.39 is 16.0 Å². The summed E-state index contributed by atoms with van der Waals surface area (Å²) in [6.07, 6.45) is 6.64. The smallest absolute Gasteiger partial charge is 0.323 e. The average molecular weight is 403 g/mol. The van der Waals surface area contributed by atoms with Crippen LogP contribution in [0.1, 0.15) is 53.8 Å². The molecule has 0 aliphatic heterocycles. The maximum absolute atomic E-state index is 12.3. The minimum absolute atomic E-state index is 0.00180. The molecule has 1 saturated carbocycles. The zero-order valence-corrected chi connectivity index (χ0v) is 16.9. The van der Waals surface area contributed by atoms with Gasteiger partial charge >= 0.3 is 5.97 Å². The van der Waals surface area contributed by atoms with E-state index in [1.54, 1.807) is 12.1 Å². The normalized spacial score (nSPS) is 16.8. The molecule has 1 fully saturated rings. The van der Waals surface area contributed by atoms with Gasteiger partial charge in [-0.1, -0.05) is 12.1 Å². The van der Waals surface area contributed by atoms with Crippen molar-refractivity contribution >= 4 is 16.0 Å². The Kier molecular flexibility index (Phi) is 5.05. The van der Waals surface area contributed by atoms with Crippen LogP contribution in [0.5, 0.6) is 0 Å². The van der Waals surface area contributed by atoms with Crippen molar-refractivity contribution in [2.45, 2.75) is 69.4 Å². The largest absolute Gasteiger partial charge is 0.480 e. The van der Waals surface area contributed by atoms with Crippen LogP contribution in [0.2, 0.25) is 0 Å². The zero-order valence-electron chi connectivity index (χ0n) is 16.1. The first-order valence-electron chi connectivity index (χ1n) is 9.88. The van der Waals surface area contributed by atoms with Crippen LogP contribution >= 0.6 is 0 Å². The highest BCUT2D eigenvalue weighted by atomic mass is 32.2. The summed E-state index contributed by atoms with van der Waals surface area (Å²) >= 11 is 0. The van der Waals surface area contributed by atoms with Crippen molar-refractivity contribution in [2.75, 3.05) is 0 Å². The lowest BCUT2D eigenvalue weighted by Gasteiger charge is -2.15. The number of aliphatic carboxylic acids is 1. The number of nitrogens with one attached hydrogen (secondary N) is 1. The molecule has 2 aromatic rings. The van der Waals surface area contributed by atoms with Crippen molar-refractivity contribution in [1.29, 1.82) is 0 Å². The Morgan fingerprint density at radius 1 is 1.18 bits per heavy atom. The van der Waals surface area contributed by atoms with E-state index in [9.17, 15) is 18.3 Å². The standard InChI is InChI=1S/C21H26N2O4S/c1-14-19(18-4-2-3-5-20(18)23(14)13-21(24)25)12-15-6-10-17(11-7-15)28(26,27)22-16-8-9-16/h6-7,10-11,16,22H,2-5,8-9,12-13H2,1H3,(H,24,25). The third-order valence-corrected chi connectivity index (χ3v) is 7.31. The molecule has 0 spiro atoms. The van der Waals surface area contributed by atoms with Crippen LogP contribution in [-0.4, -0.2) is 30.1 Å². The van der Waals surface area contributed by atoms with Crippen LogP contribution in [0.15, 0.2) is 29.2 Å². The molecule has 2 N–H and O–H groups in total. The Bertz CT molecular complexity index is 1000. The van der Waals surface area contributed by atoms with Crippen molar-refractivity contribution in [3.8, 4) is 0 Å². The van der Waals surface area contributed by atoms with Crippen molar-refractivity contribution in [2.24, 2.45) is 0 Å². The van der Waals surface area contributed by atoms with E-state index in [0.29, 0.717) is 11.3 Å². The van der Waals surface area contributed by atoms with E-state index in [1.807, 2.05) is 23.6 Å². The van der Waals surface area contributed by atoms with Crippen LogP contribution in [-0.2, 0) is 40.6 Å². The number of rotatable bonds is 7. The predicted octanol–water partition coefficient (Wildman–Crippen LogP) is 2.79. The molecule has 150 valence electrons. The summed E-state index contributed by atoms with van der Waals surface area (Å²) < 4.78 is 29.3. The number of aromatic nitrogens is 1. The summed E-state index contributed by atoms with van der Waals surface area (Å²) in [6.45, 7) is 1.99. The lowest BCUT2D eigenvalue weighted by atomic mass is 9.92. The molecule has 2 aliphatic rings. The van der Waals surface area contributed by atoms with E-state index in [1.165, 1.54) is 11.1 Å². The molecule has 0 amide bonds. The summed E-state index contributed by atoms with van der Waals surface area (Å²) in [4.78, 5) is 11.6. The van der Waals surface area contributed by atoms with Crippen molar-refractivity contribution in [3.63, 3.8) is 0 Å². The van der Waals surface area contributed by atoms with Gasteiger partial charge in [0.05, 0.1) is 4.90 Å². The summed E-state index contributed by atoms with van der Waals surface area (Å²) in [7, 11) is -3.44. The molecule has 1 aromatic carbocycles. The van der Waals surface area contributed by atoms with Crippen molar-refractivity contribution in [1.82, 2.24) is 9.29 Å². The molecule has 0 unspecified atom stereocenters. The van der Waals surface area contributed by atoms with Crippen LogP contribution in [0.4, 0.5) is 0 Å². The second-order valence-corrected chi connectivity index (χ2v) is 9.61. The Morgan fingerprint density at radius 3 is 2.50 bits per heavy atom. The predicted molar refractivity (Wildman–Crippen MR) is 106 cm³/mol. The van der Waals surface area contributed by atoms with E-state index in [-0.39, 0.29) is 12.6 Å². The van der Waals surface area contributed by atoms with E-state index >= 15 is 0 Å². The van der Waals surface area contributed by atoms with Gasteiger partial charge in [0, 0.05) is 17.4 Å². The fourth-order valence-corrected chi connectivity index (χ4v) is 5.46. The quantitative estimate of drug-likeness (QED) is 0.745. The number of benzene rings is 1. The fourth-order valence-electron chi connectivity index (χ4n) is 4.16. The van der Waals surface area contributed by atoms with Gasteiger partial charge in [0.2, 0.25) is 10.0 Å². The fraction of sp³-hybridized carbons (Fsp3) is 0.476. The van der Waals surface area contributed by atoms with Crippen LogP contribution in [0, 0.1) is 6.92 Å². The molecule has 28 heavy (non-hydrogen) atoms. The molecule has 6 nitrogen and oxygen atoms in total. The number of sulfonamides is 1.